The van der Waals surface area contributed by atoms with Crippen LogP contribution in [0.5, 0.6) is 0 Å². The number of rotatable bonds is 6. The Morgan fingerprint density at radius 1 is 1.25 bits per heavy atom. The maximum Gasteiger partial charge on any atom is 0.129 e. The van der Waals surface area contributed by atoms with Crippen LogP contribution in [0.15, 0.2) is 18.2 Å². The molecule has 0 heterocycles. The van der Waals surface area contributed by atoms with E-state index in [1.165, 1.54) is 31.7 Å². The van der Waals surface area contributed by atoms with E-state index in [2.05, 4.69) is 12.2 Å². The molecule has 1 N–H and O–H groups in total. The first-order chi connectivity index (χ1) is 9.63. The zero-order valence-corrected chi connectivity index (χ0v) is 12.1. The van der Waals surface area contributed by atoms with E-state index >= 15 is 0 Å². The molecule has 1 nitrogen and oxygen atoms in total. The lowest BCUT2D eigenvalue weighted by Crippen LogP contribution is -2.49. The van der Waals surface area contributed by atoms with Gasteiger partial charge in [-0.05, 0) is 43.2 Å². The van der Waals surface area contributed by atoms with E-state index in [4.69, 9.17) is 0 Å². The fraction of sp³-hybridized carbons (Fsp3) is 0.647. The lowest BCUT2D eigenvalue weighted by molar-refractivity contribution is 0.124. The highest BCUT2D eigenvalue weighted by atomic mass is 19.1. The molecule has 2 saturated carbocycles. The quantitative estimate of drug-likeness (QED) is 0.824. The molecule has 1 aromatic carbocycles. The molecule has 0 atom stereocenters. The predicted molar refractivity (Wildman–Crippen MR) is 76.7 cm³/mol. The molecule has 2 fully saturated rings. The third-order valence-electron chi connectivity index (χ3n) is 4.86. The predicted octanol–water partition coefficient (Wildman–Crippen LogP) is 4.16. The maximum atomic E-state index is 14.2. The molecule has 1 aromatic rings. The topological polar surface area (TPSA) is 12.0 Å². The van der Waals surface area contributed by atoms with Gasteiger partial charge < -0.3 is 5.32 Å². The van der Waals surface area contributed by atoms with Gasteiger partial charge in [-0.1, -0.05) is 25.8 Å². The van der Waals surface area contributed by atoms with Crippen LogP contribution in [0.25, 0.3) is 0 Å². The van der Waals surface area contributed by atoms with E-state index in [1.54, 1.807) is 6.07 Å². The van der Waals surface area contributed by atoms with E-state index in [9.17, 15) is 8.78 Å². The summed E-state index contributed by atoms with van der Waals surface area (Å²) in [5, 5.41) is 3.54. The highest BCUT2D eigenvalue weighted by Gasteiger charge is 2.46. The first kappa shape index (κ1) is 14.0. The van der Waals surface area contributed by atoms with Crippen molar-refractivity contribution < 1.29 is 8.78 Å². The van der Waals surface area contributed by atoms with Gasteiger partial charge in [0.15, 0.2) is 0 Å². The first-order valence-corrected chi connectivity index (χ1v) is 7.82. The third-order valence-corrected chi connectivity index (χ3v) is 4.86. The van der Waals surface area contributed by atoms with Gasteiger partial charge in [0.1, 0.15) is 11.6 Å². The summed E-state index contributed by atoms with van der Waals surface area (Å²) in [6.07, 6.45) is 6.93. The number of benzene rings is 1. The molecule has 0 unspecified atom stereocenters. The molecule has 0 bridgehead atoms. The molecule has 0 radical (unpaired) electrons. The number of hydrogen-bond donors (Lipinski definition) is 1. The first-order valence-electron chi connectivity index (χ1n) is 7.82. The summed E-state index contributed by atoms with van der Waals surface area (Å²) in [4.78, 5) is 0. The molecule has 2 aliphatic carbocycles. The number of halogens is 2. The van der Waals surface area contributed by atoms with Gasteiger partial charge in [-0.2, -0.15) is 0 Å². The van der Waals surface area contributed by atoms with Crippen LogP contribution in [-0.2, 0) is 5.41 Å². The van der Waals surface area contributed by atoms with Crippen LogP contribution in [0, 0.1) is 17.6 Å². The van der Waals surface area contributed by atoms with Crippen molar-refractivity contribution in [2.75, 3.05) is 6.54 Å². The maximum absolute atomic E-state index is 14.2. The summed E-state index contributed by atoms with van der Waals surface area (Å²) >= 11 is 0. The van der Waals surface area contributed by atoms with Gasteiger partial charge in [-0.3, -0.25) is 0 Å². The fourth-order valence-corrected chi connectivity index (χ4v) is 3.66. The molecule has 3 rings (SSSR count). The van der Waals surface area contributed by atoms with Crippen LogP contribution >= 0.6 is 0 Å². The molecule has 0 amide bonds. The minimum absolute atomic E-state index is 0.111. The van der Waals surface area contributed by atoms with Gasteiger partial charge in [0.05, 0.1) is 0 Å². The Bertz CT molecular complexity index is 476. The second kappa shape index (κ2) is 5.44. The standard InChI is InChI=1S/C17H23F2N/c1-2-3-12-9-17(10-12,11-20-14-5-6-14)15-7-4-13(18)8-16(15)19/h4,7-8,12,14,20H,2-3,5-6,9-11H2,1H3. The van der Waals surface area contributed by atoms with Crippen molar-refractivity contribution in [1.82, 2.24) is 5.32 Å². The molecule has 110 valence electrons. The molecule has 0 aliphatic heterocycles. The Morgan fingerprint density at radius 2 is 2.00 bits per heavy atom. The van der Waals surface area contributed by atoms with Gasteiger partial charge in [0.2, 0.25) is 0 Å². The molecular weight excluding hydrogens is 256 g/mol. The summed E-state index contributed by atoms with van der Waals surface area (Å²) < 4.78 is 27.3. The van der Waals surface area contributed by atoms with Crippen molar-refractivity contribution in [3.63, 3.8) is 0 Å². The van der Waals surface area contributed by atoms with E-state index in [0.29, 0.717) is 17.5 Å². The lowest BCUT2D eigenvalue weighted by atomic mass is 9.57. The molecule has 2 aliphatic rings. The minimum Gasteiger partial charge on any atom is -0.313 e. The van der Waals surface area contributed by atoms with Gasteiger partial charge in [0.25, 0.3) is 0 Å². The highest BCUT2D eigenvalue weighted by Crippen LogP contribution is 2.50. The molecule has 0 spiro atoms. The summed E-state index contributed by atoms with van der Waals surface area (Å²) in [5.41, 5.74) is 0.597. The minimum atomic E-state index is -0.485. The molecule has 20 heavy (non-hydrogen) atoms. The largest absolute Gasteiger partial charge is 0.313 e. The molecule has 3 heteroatoms. The summed E-state index contributed by atoms with van der Waals surface area (Å²) in [7, 11) is 0. The third kappa shape index (κ3) is 2.73. The van der Waals surface area contributed by atoms with Crippen LogP contribution in [-0.4, -0.2) is 12.6 Å². The van der Waals surface area contributed by atoms with Crippen LogP contribution < -0.4 is 5.32 Å². The Hall–Kier alpha value is -0.960. The number of nitrogens with one attached hydrogen (secondary N) is 1. The van der Waals surface area contributed by atoms with Crippen molar-refractivity contribution in [1.29, 1.82) is 0 Å². The van der Waals surface area contributed by atoms with Crippen LogP contribution in [0.3, 0.4) is 0 Å². The zero-order valence-electron chi connectivity index (χ0n) is 12.1. The molecular formula is C17H23F2N. The average molecular weight is 279 g/mol. The number of hydrogen-bond acceptors (Lipinski definition) is 1. The van der Waals surface area contributed by atoms with E-state index < -0.39 is 5.82 Å². The smallest absolute Gasteiger partial charge is 0.129 e. The Kier molecular flexibility index (Phi) is 3.80. The van der Waals surface area contributed by atoms with E-state index in [1.807, 2.05) is 0 Å². The summed E-state index contributed by atoms with van der Waals surface area (Å²) in [6, 6.07) is 4.70. The Morgan fingerprint density at radius 3 is 2.60 bits per heavy atom. The average Bonchev–Trinajstić information content (AvgIpc) is 3.17. The molecule has 0 aromatic heterocycles. The Labute approximate surface area is 119 Å². The van der Waals surface area contributed by atoms with Gasteiger partial charge in [-0.25, -0.2) is 8.78 Å². The van der Waals surface area contributed by atoms with Crippen molar-refractivity contribution in [2.24, 2.45) is 5.92 Å². The van der Waals surface area contributed by atoms with Crippen LogP contribution in [0.4, 0.5) is 8.78 Å². The van der Waals surface area contributed by atoms with Crippen molar-refractivity contribution in [3.05, 3.63) is 35.4 Å². The Balaban J connectivity index is 1.77. The normalized spacial score (nSPS) is 29.2. The monoisotopic (exact) mass is 279 g/mol. The van der Waals surface area contributed by atoms with Crippen molar-refractivity contribution in [3.8, 4) is 0 Å². The summed E-state index contributed by atoms with van der Waals surface area (Å²) in [5.74, 6) is -0.163. The van der Waals surface area contributed by atoms with Gasteiger partial charge >= 0.3 is 0 Å². The summed E-state index contributed by atoms with van der Waals surface area (Å²) in [6.45, 7) is 3.03. The second-order valence-electron chi connectivity index (χ2n) is 6.62. The zero-order chi connectivity index (χ0) is 14.2. The van der Waals surface area contributed by atoms with Crippen molar-refractivity contribution >= 4 is 0 Å². The van der Waals surface area contributed by atoms with Crippen LogP contribution in [0.1, 0.15) is 51.0 Å². The van der Waals surface area contributed by atoms with E-state index in [0.717, 1.165) is 25.5 Å². The lowest BCUT2D eigenvalue weighted by Gasteiger charge is -2.49. The SMILES string of the molecule is CCCC1CC(CNC2CC2)(c2ccc(F)cc2F)C1. The van der Waals surface area contributed by atoms with Gasteiger partial charge in [0, 0.05) is 24.1 Å². The fourth-order valence-electron chi connectivity index (χ4n) is 3.66. The van der Waals surface area contributed by atoms with E-state index in [-0.39, 0.29) is 11.2 Å². The molecule has 0 saturated heterocycles. The van der Waals surface area contributed by atoms with Crippen molar-refractivity contribution in [2.45, 2.75) is 56.9 Å². The second-order valence-corrected chi connectivity index (χ2v) is 6.62. The van der Waals surface area contributed by atoms with Crippen LogP contribution in [0.2, 0.25) is 0 Å². The highest BCUT2D eigenvalue weighted by molar-refractivity contribution is 5.31. The van der Waals surface area contributed by atoms with Gasteiger partial charge in [-0.15, -0.1) is 0 Å².